The highest BCUT2D eigenvalue weighted by molar-refractivity contribution is 5.87. The first-order valence-corrected chi connectivity index (χ1v) is 9.83. The summed E-state index contributed by atoms with van der Waals surface area (Å²) >= 11 is 0. The number of aryl methyl sites for hydroxylation is 2. The van der Waals surface area contributed by atoms with Crippen LogP contribution in [0.2, 0.25) is 0 Å². The molecule has 0 N–H and O–H groups in total. The number of benzene rings is 2. The number of rotatable bonds is 8. The van der Waals surface area contributed by atoms with Crippen molar-refractivity contribution in [3.05, 3.63) is 71.4 Å². The Kier molecular flexibility index (Phi) is 6.92. The van der Waals surface area contributed by atoms with E-state index >= 15 is 0 Å². The predicted molar refractivity (Wildman–Crippen MR) is 119 cm³/mol. The monoisotopic (exact) mass is 422 g/mol. The molecular weight excluding hydrogens is 396 g/mol. The topological polar surface area (TPSA) is 78.2 Å². The molecule has 0 bridgehead atoms. The van der Waals surface area contributed by atoms with Gasteiger partial charge in [-0.05, 0) is 38.1 Å². The van der Waals surface area contributed by atoms with Gasteiger partial charge in [0.2, 0.25) is 5.88 Å². The zero-order chi connectivity index (χ0) is 22.4. The van der Waals surface area contributed by atoms with Crippen molar-refractivity contribution in [2.24, 2.45) is 12.2 Å². The van der Waals surface area contributed by atoms with Crippen molar-refractivity contribution in [3.63, 3.8) is 0 Å². The van der Waals surface area contributed by atoms with Gasteiger partial charge in [-0.1, -0.05) is 30.3 Å². The Morgan fingerprint density at radius 2 is 1.87 bits per heavy atom. The normalized spacial score (nSPS) is 11.5. The van der Waals surface area contributed by atoms with Crippen molar-refractivity contribution in [2.45, 2.75) is 20.0 Å². The summed E-state index contributed by atoms with van der Waals surface area (Å²) in [6.07, 6.45) is -1.01. The first-order valence-electron chi connectivity index (χ1n) is 9.83. The van der Waals surface area contributed by atoms with E-state index in [1.807, 2.05) is 75.5 Å². The fraction of sp³-hybridized carbons (Fsp3) is 0.261. The van der Waals surface area contributed by atoms with Gasteiger partial charge in [0.1, 0.15) is 5.75 Å². The lowest BCUT2D eigenvalue weighted by atomic mass is 10.0. The maximum atomic E-state index is 12.0. The van der Waals surface area contributed by atoms with Crippen LogP contribution in [0.1, 0.15) is 29.8 Å². The summed E-state index contributed by atoms with van der Waals surface area (Å²) in [4.78, 5) is 19.2. The second kappa shape index (κ2) is 9.80. The highest BCUT2D eigenvalue weighted by Gasteiger charge is 2.28. The van der Waals surface area contributed by atoms with Crippen LogP contribution in [0, 0.1) is 6.92 Å². The van der Waals surface area contributed by atoms with E-state index in [1.54, 1.807) is 4.68 Å². The quantitative estimate of drug-likeness (QED) is 0.384. The van der Waals surface area contributed by atoms with Gasteiger partial charge in [-0.25, -0.2) is 9.48 Å². The number of nitrogens with zero attached hydrogens (tertiary/aromatic N) is 4. The number of hydrogen-bond acceptors (Lipinski definition) is 6. The Morgan fingerprint density at radius 1 is 1.19 bits per heavy atom. The molecule has 8 heteroatoms. The van der Waals surface area contributed by atoms with Gasteiger partial charge in [0.05, 0.1) is 18.4 Å². The van der Waals surface area contributed by atoms with E-state index in [1.165, 1.54) is 12.0 Å². The third-order valence-electron chi connectivity index (χ3n) is 4.83. The van der Waals surface area contributed by atoms with E-state index in [0.29, 0.717) is 23.9 Å². The second-order valence-electron chi connectivity index (χ2n) is 6.76. The van der Waals surface area contributed by atoms with Crippen LogP contribution in [0.4, 0.5) is 10.5 Å². The Balaban J connectivity index is 1.99. The van der Waals surface area contributed by atoms with Gasteiger partial charge in [0.25, 0.3) is 0 Å². The van der Waals surface area contributed by atoms with Gasteiger partial charge in [0.15, 0.2) is 6.10 Å². The number of aromatic nitrogens is 2. The van der Waals surface area contributed by atoms with E-state index in [2.05, 4.69) is 17.0 Å². The maximum Gasteiger partial charge on any atom is 0.413 e. The van der Waals surface area contributed by atoms with E-state index in [4.69, 9.17) is 14.3 Å². The standard InChI is InChI=1S/C23H26N4O4/c1-6-27(23(28)29-5)18-14-12-17(13-15-18)21(31-24-3)20-16(2)25-26(4)22(20)30-19-10-8-7-9-11-19/h7-15,21H,3,6H2,1-2,4-5H3. The summed E-state index contributed by atoms with van der Waals surface area (Å²) in [5.74, 6) is 1.23. The number of carbonyl (C=O) groups excluding carboxylic acids is 1. The van der Waals surface area contributed by atoms with Crippen LogP contribution in [0.25, 0.3) is 0 Å². The minimum atomic E-state index is -0.591. The number of hydrogen-bond donors (Lipinski definition) is 0. The molecule has 8 nitrogen and oxygen atoms in total. The molecule has 1 amide bonds. The minimum absolute atomic E-state index is 0.419. The van der Waals surface area contributed by atoms with E-state index < -0.39 is 12.2 Å². The van der Waals surface area contributed by atoms with Crippen LogP contribution in [0.5, 0.6) is 11.6 Å². The molecule has 0 aliphatic rings. The highest BCUT2D eigenvalue weighted by Crippen LogP contribution is 2.38. The average Bonchev–Trinajstić information content (AvgIpc) is 3.06. The molecule has 0 saturated heterocycles. The van der Waals surface area contributed by atoms with Crippen LogP contribution in [0.3, 0.4) is 0 Å². The van der Waals surface area contributed by atoms with E-state index in [-0.39, 0.29) is 0 Å². The molecule has 0 aliphatic carbocycles. The SMILES string of the molecule is C=NOC(c1ccc(N(CC)C(=O)OC)cc1)c1c(C)nn(C)c1Oc1ccccc1. The first kappa shape index (κ1) is 21.9. The van der Waals surface area contributed by atoms with Crippen molar-refractivity contribution in [2.75, 3.05) is 18.6 Å². The van der Waals surface area contributed by atoms with E-state index in [9.17, 15) is 4.79 Å². The summed E-state index contributed by atoms with van der Waals surface area (Å²) in [7, 11) is 3.17. The smallest absolute Gasteiger partial charge is 0.413 e. The molecule has 31 heavy (non-hydrogen) atoms. The lowest BCUT2D eigenvalue weighted by Gasteiger charge is -2.21. The van der Waals surface area contributed by atoms with Crippen LogP contribution in [0.15, 0.2) is 59.8 Å². The largest absolute Gasteiger partial charge is 0.452 e. The predicted octanol–water partition coefficient (Wildman–Crippen LogP) is 4.84. The molecule has 0 aliphatic heterocycles. The number of oxime groups is 1. The zero-order valence-electron chi connectivity index (χ0n) is 18.1. The number of carbonyl (C=O) groups is 1. The Morgan fingerprint density at radius 3 is 2.45 bits per heavy atom. The molecule has 0 saturated carbocycles. The fourth-order valence-corrected chi connectivity index (χ4v) is 3.39. The first-order chi connectivity index (χ1) is 15.0. The van der Waals surface area contributed by atoms with E-state index in [0.717, 1.165) is 16.8 Å². The number of ether oxygens (including phenoxy) is 2. The molecule has 1 heterocycles. The molecule has 1 atom stereocenters. The van der Waals surface area contributed by atoms with Crippen molar-refractivity contribution < 1.29 is 19.1 Å². The van der Waals surface area contributed by atoms with Crippen molar-refractivity contribution >= 4 is 18.5 Å². The number of para-hydroxylation sites is 1. The van der Waals surface area contributed by atoms with Gasteiger partial charge >= 0.3 is 6.09 Å². The molecule has 1 aromatic heterocycles. The van der Waals surface area contributed by atoms with Gasteiger partial charge < -0.3 is 14.3 Å². The minimum Gasteiger partial charge on any atom is -0.452 e. The third kappa shape index (κ3) is 4.69. The third-order valence-corrected chi connectivity index (χ3v) is 4.83. The highest BCUT2D eigenvalue weighted by atomic mass is 16.6. The lowest BCUT2D eigenvalue weighted by Crippen LogP contribution is -2.30. The Bertz CT molecular complexity index is 1030. The summed E-state index contributed by atoms with van der Waals surface area (Å²) in [5, 5.41) is 8.18. The Labute approximate surface area is 181 Å². The van der Waals surface area contributed by atoms with Crippen LogP contribution >= 0.6 is 0 Å². The number of anilines is 1. The molecule has 3 aromatic rings. The summed E-state index contributed by atoms with van der Waals surface area (Å²) in [6, 6.07) is 16.9. The number of methoxy groups -OCH3 is 1. The maximum absolute atomic E-state index is 12.0. The molecule has 2 aromatic carbocycles. The molecular formula is C23H26N4O4. The van der Waals surface area contributed by atoms with Gasteiger partial charge in [-0.3, -0.25) is 4.90 Å². The van der Waals surface area contributed by atoms with Gasteiger partial charge in [-0.2, -0.15) is 5.10 Å². The second-order valence-corrected chi connectivity index (χ2v) is 6.76. The van der Waals surface area contributed by atoms with Crippen molar-refractivity contribution in [3.8, 4) is 11.6 Å². The molecule has 0 spiro atoms. The number of amides is 1. The molecule has 162 valence electrons. The van der Waals surface area contributed by atoms with Crippen LogP contribution in [-0.4, -0.2) is 36.2 Å². The van der Waals surface area contributed by atoms with Crippen molar-refractivity contribution in [1.29, 1.82) is 0 Å². The Hall–Kier alpha value is -3.81. The molecule has 0 radical (unpaired) electrons. The lowest BCUT2D eigenvalue weighted by molar-refractivity contribution is 0.0875. The van der Waals surface area contributed by atoms with Crippen LogP contribution < -0.4 is 9.64 Å². The summed E-state index contributed by atoms with van der Waals surface area (Å²) < 4.78 is 12.6. The van der Waals surface area contributed by atoms with Crippen LogP contribution in [-0.2, 0) is 16.6 Å². The zero-order valence-corrected chi connectivity index (χ0v) is 18.1. The van der Waals surface area contributed by atoms with Crippen molar-refractivity contribution in [1.82, 2.24) is 9.78 Å². The summed E-state index contributed by atoms with van der Waals surface area (Å²) in [6.45, 7) is 7.73. The fourth-order valence-electron chi connectivity index (χ4n) is 3.39. The molecule has 3 rings (SSSR count). The molecule has 1 unspecified atom stereocenters. The summed E-state index contributed by atoms with van der Waals surface area (Å²) in [5.41, 5.74) is 3.01. The van der Waals surface area contributed by atoms with Gasteiger partial charge in [0, 0.05) is 31.6 Å². The molecule has 0 fully saturated rings. The average molecular weight is 422 g/mol. The van der Waals surface area contributed by atoms with Gasteiger partial charge in [-0.15, -0.1) is 5.16 Å².